The molecule has 0 aromatic carbocycles. The minimum Gasteiger partial charge on any atom is -0.469 e. The monoisotopic (exact) mass is 245 g/mol. The average Bonchev–Trinajstić information content (AvgIpc) is 2.75. The molecule has 0 saturated carbocycles. The summed E-state index contributed by atoms with van der Waals surface area (Å²) in [5.74, 6) is 0.737. The van der Waals surface area contributed by atoms with Gasteiger partial charge in [0.1, 0.15) is 5.76 Å². The Morgan fingerprint density at radius 3 is 2.88 bits per heavy atom. The fourth-order valence-corrected chi connectivity index (χ4v) is 3.64. The summed E-state index contributed by atoms with van der Waals surface area (Å²) in [6.07, 6.45) is 1.50. The Labute approximate surface area is 94.4 Å². The molecule has 2 atom stereocenters. The Bertz CT molecular complexity index is 426. The zero-order valence-corrected chi connectivity index (χ0v) is 9.61. The maximum atomic E-state index is 11.2. The van der Waals surface area contributed by atoms with Crippen LogP contribution in [-0.2, 0) is 16.3 Å². The summed E-state index contributed by atoms with van der Waals surface area (Å²) in [6.45, 7) is 0.602. The number of furan rings is 1. The Hall–Kier alpha value is -0.850. The van der Waals surface area contributed by atoms with Crippen LogP contribution in [0.1, 0.15) is 5.76 Å². The molecule has 0 bridgehead atoms. The molecule has 0 radical (unpaired) electrons. The second-order valence-corrected chi connectivity index (χ2v) is 6.19. The fraction of sp³-hybridized carbons (Fsp3) is 0.600. The highest BCUT2D eigenvalue weighted by atomic mass is 32.2. The standard InChI is InChI=1S/C10H15NO4S/c12-10-7-16(13,14)6-9(10)11-4-3-8-2-1-5-15-8/h1-2,5,9-12H,3-4,6-7H2/t9-,10-/m0/s1. The maximum Gasteiger partial charge on any atom is 0.154 e. The van der Waals surface area contributed by atoms with Crippen LogP contribution in [0.4, 0.5) is 0 Å². The first-order valence-corrected chi connectivity index (χ1v) is 7.03. The van der Waals surface area contributed by atoms with Gasteiger partial charge in [-0.25, -0.2) is 8.42 Å². The van der Waals surface area contributed by atoms with E-state index in [1.807, 2.05) is 12.1 Å². The lowest BCUT2D eigenvalue weighted by molar-refractivity contribution is 0.166. The topological polar surface area (TPSA) is 79.5 Å². The van der Waals surface area contributed by atoms with E-state index in [1.165, 1.54) is 0 Å². The van der Waals surface area contributed by atoms with Crippen LogP contribution in [0.2, 0.25) is 0 Å². The van der Waals surface area contributed by atoms with Gasteiger partial charge in [0.05, 0.1) is 23.9 Å². The van der Waals surface area contributed by atoms with Crippen molar-refractivity contribution in [1.29, 1.82) is 0 Å². The number of sulfone groups is 1. The van der Waals surface area contributed by atoms with Crippen molar-refractivity contribution in [3.63, 3.8) is 0 Å². The van der Waals surface area contributed by atoms with Gasteiger partial charge in [-0.15, -0.1) is 0 Å². The third kappa shape index (κ3) is 2.84. The van der Waals surface area contributed by atoms with Crippen LogP contribution in [0.5, 0.6) is 0 Å². The number of hydrogen-bond donors (Lipinski definition) is 2. The van der Waals surface area contributed by atoms with Crippen molar-refractivity contribution in [2.75, 3.05) is 18.1 Å². The first kappa shape index (κ1) is 11.6. The van der Waals surface area contributed by atoms with Crippen molar-refractivity contribution in [2.24, 2.45) is 0 Å². The molecule has 0 aliphatic carbocycles. The largest absolute Gasteiger partial charge is 0.469 e. The first-order chi connectivity index (χ1) is 7.57. The molecule has 16 heavy (non-hydrogen) atoms. The van der Waals surface area contributed by atoms with Gasteiger partial charge < -0.3 is 14.8 Å². The highest BCUT2D eigenvalue weighted by Crippen LogP contribution is 2.12. The summed E-state index contributed by atoms with van der Waals surface area (Å²) in [5, 5.41) is 12.6. The third-order valence-electron chi connectivity index (χ3n) is 2.68. The van der Waals surface area contributed by atoms with E-state index in [-0.39, 0.29) is 17.5 Å². The minimum atomic E-state index is -3.06. The lowest BCUT2D eigenvalue weighted by atomic mass is 10.2. The quantitative estimate of drug-likeness (QED) is 0.752. The van der Waals surface area contributed by atoms with Gasteiger partial charge in [0.25, 0.3) is 0 Å². The molecule has 1 aliphatic heterocycles. The van der Waals surface area contributed by atoms with Crippen LogP contribution in [0, 0.1) is 0 Å². The summed E-state index contributed by atoms with van der Waals surface area (Å²) in [7, 11) is -3.06. The SMILES string of the molecule is O=S1(=O)C[C@H](NCCc2ccco2)[C@@H](O)C1. The highest BCUT2D eigenvalue weighted by molar-refractivity contribution is 7.91. The molecule has 2 N–H and O–H groups in total. The molecule has 1 aromatic heterocycles. The van der Waals surface area contributed by atoms with Crippen LogP contribution in [0.15, 0.2) is 22.8 Å². The van der Waals surface area contributed by atoms with Gasteiger partial charge in [0, 0.05) is 19.0 Å². The number of nitrogens with one attached hydrogen (secondary N) is 1. The van der Waals surface area contributed by atoms with E-state index < -0.39 is 15.9 Å². The zero-order valence-electron chi connectivity index (χ0n) is 8.80. The van der Waals surface area contributed by atoms with E-state index in [0.717, 1.165) is 5.76 Å². The van der Waals surface area contributed by atoms with Gasteiger partial charge in [-0.05, 0) is 12.1 Å². The summed E-state index contributed by atoms with van der Waals surface area (Å²) in [4.78, 5) is 0. The van der Waals surface area contributed by atoms with Crippen LogP contribution in [0.3, 0.4) is 0 Å². The molecule has 6 heteroatoms. The van der Waals surface area contributed by atoms with Crippen molar-refractivity contribution in [2.45, 2.75) is 18.6 Å². The van der Waals surface area contributed by atoms with Crippen molar-refractivity contribution in [1.82, 2.24) is 5.32 Å². The maximum absolute atomic E-state index is 11.2. The van der Waals surface area contributed by atoms with Crippen molar-refractivity contribution in [3.05, 3.63) is 24.2 Å². The van der Waals surface area contributed by atoms with Crippen molar-refractivity contribution >= 4 is 9.84 Å². The molecule has 2 rings (SSSR count). The van der Waals surface area contributed by atoms with Gasteiger partial charge in [-0.1, -0.05) is 0 Å². The van der Waals surface area contributed by atoms with Crippen molar-refractivity contribution in [3.8, 4) is 0 Å². The van der Waals surface area contributed by atoms with Gasteiger partial charge in [-0.2, -0.15) is 0 Å². The van der Waals surface area contributed by atoms with Crippen LogP contribution in [-0.4, -0.2) is 43.7 Å². The molecule has 2 heterocycles. The first-order valence-electron chi connectivity index (χ1n) is 5.21. The lowest BCUT2D eigenvalue weighted by Gasteiger charge is -2.13. The number of rotatable bonds is 4. The van der Waals surface area contributed by atoms with Gasteiger partial charge in [0.15, 0.2) is 9.84 Å². The molecule has 90 valence electrons. The van der Waals surface area contributed by atoms with Gasteiger partial charge in [-0.3, -0.25) is 0 Å². The van der Waals surface area contributed by atoms with E-state index in [9.17, 15) is 13.5 Å². The Balaban J connectivity index is 1.79. The van der Waals surface area contributed by atoms with E-state index in [4.69, 9.17) is 4.42 Å². The minimum absolute atomic E-state index is 0.0202. The molecular weight excluding hydrogens is 230 g/mol. The van der Waals surface area contributed by atoms with Crippen LogP contribution in [0.25, 0.3) is 0 Å². The molecule has 1 fully saturated rings. The smallest absolute Gasteiger partial charge is 0.154 e. The van der Waals surface area contributed by atoms with Crippen molar-refractivity contribution < 1.29 is 17.9 Å². The normalized spacial score (nSPS) is 28.3. The summed E-state index contributed by atoms with van der Waals surface area (Å²) >= 11 is 0. The van der Waals surface area contributed by atoms with E-state index >= 15 is 0 Å². The van der Waals surface area contributed by atoms with Gasteiger partial charge in [0.2, 0.25) is 0 Å². The summed E-state index contributed by atoms with van der Waals surface area (Å²) in [5.41, 5.74) is 0. The number of hydrogen-bond acceptors (Lipinski definition) is 5. The second kappa shape index (κ2) is 4.57. The predicted octanol–water partition coefficient (Wildman–Crippen LogP) is -0.430. The fourth-order valence-electron chi connectivity index (χ4n) is 1.86. The third-order valence-corrected chi connectivity index (χ3v) is 4.40. The van der Waals surface area contributed by atoms with Crippen LogP contribution >= 0.6 is 0 Å². The summed E-state index contributed by atoms with van der Waals surface area (Å²) < 4.78 is 27.6. The molecule has 1 saturated heterocycles. The molecule has 0 spiro atoms. The molecule has 1 aliphatic rings. The number of aliphatic hydroxyl groups is 1. The lowest BCUT2D eigenvalue weighted by Crippen LogP contribution is -2.39. The average molecular weight is 245 g/mol. The predicted molar refractivity (Wildman–Crippen MR) is 58.9 cm³/mol. The molecular formula is C10H15NO4S. The molecule has 0 amide bonds. The molecule has 1 aromatic rings. The van der Waals surface area contributed by atoms with E-state index in [1.54, 1.807) is 6.26 Å². The van der Waals surface area contributed by atoms with Crippen LogP contribution < -0.4 is 5.32 Å². The van der Waals surface area contributed by atoms with Gasteiger partial charge >= 0.3 is 0 Å². The highest BCUT2D eigenvalue weighted by Gasteiger charge is 2.35. The number of aliphatic hydroxyl groups excluding tert-OH is 1. The zero-order chi connectivity index (χ0) is 11.6. The van der Waals surface area contributed by atoms with E-state index in [2.05, 4.69) is 5.32 Å². The molecule has 5 nitrogen and oxygen atoms in total. The Morgan fingerprint density at radius 1 is 1.50 bits per heavy atom. The van der Waals surface area contributed by atoms with E-state index in [0.29, 0.717) is 13.0 Å². The Morgan fingerprint density at radius 2 is 2.31 bits per heavy atom. The molecule has 0 unspecified atom stereocenters. The second-order valence-electron chi connectivity index (χ2n) is 4.03. The Kier molecular flexibility index (Phi) is 3.32. The summed E-state index contributed by atoms with van der Waals surface area (Å²) in [6, 6.07) is 3.33.